The zero-order valence-corrected chi connectivity index (χ0v) is 12.7. The van der Waals surface area contributed by atoms with Gasteiger partial charge in [0.15, 0.2) is 0 Å². The van der Waals surface area contributed by atoms with Gasteiger partial charge in [-0.15, -0.1) is 0 Å². The SMILES string of the molecule is Brc1ccc(O[C@H](c2ccccc2)[C@@H]2CCNC2)nc1. The highest BCUT2D eigenvalue weighted by Crippen LogP contribution is 2.31. The van der Waals surface area contributed by atoms with Crippen molar-refractivity contribution in [2.24, 2.45) is 5.92 Å². The summed E-state index contributed by atoms with van der Waals surface area (Å²) in [7, 11) is 0. The third-order valence-electron chi connectivity index (χ3n) is 3.60. The number of benzene rings is 1. The van der Waals surface area contributed by atoms with Gasteiger partial charge < -0.3 is 10.1 Å². The van der Waals surface area contributed by atoms with Crippen LogP contribution in [0.5, 0.6) is 5.88 Å². The van der Waals surface area contributed by atoms with Crippen molar-refractivity contribution in [3.63, 3.8) is 0 Å². The zero-order valence-electron chi connectivity index (χ0n) is 11.1. The molecule has 1 aromatic heterocycles. The van der Waals surface area contributed by atoms with Crippen LogP contribution >= 0.6 is 15.9 Å². The highest BCUT2D eigenvalue weighted by Gasteiger charge is 2.28. The Balaban J connectivity index is 1.83. The average molecular weight is 333 g/mol. The minimum atomic E-state index is 0.0554. The largest absolute Gasteiger partial charge is 0.469 e. The number of aromatic nitrogens is 1. The number of hydrogen-bond acceptors (Lipinski definition) is 3. The molecule has 0 spiro atoms. The van der Waals surface area contributed by atoms with Crippen LogP contribution in [0.4, 0.5) is 0 Å². The number of hydrogen-bond donors (Lipinski definition) is 1. The van der Waals surface area contributed by atoms with Gasteiger partial charge in [-0.25, -0.2) is 4.98 Å². The first-order valence-electron chi connectivity index (χ1n) is 6.87. The van der Waals surface area contributed by atoms with Gasteiger partial charge in [0.1, 0.15) is 6.10 Å². The van der Waals surface area contributed by atoms with E-state index in [1.165, 1.54) is 5.56 Å². The van der Waals surface area contributed by atoms with Crippen molar-refractivity contribution in [2.45, 2.75) is 12.5 Å². The van der Waals surface area contributed by atoms with Gasteiger partial charge in [-0.3, -0.25) is 0 Å². The molecule has 0 bridgehead atoms. The molecule has 1 saturated heterocycles. The molecule has 3 rings (SSSR count). The molecule has 2 heterocycles. The Morgan fingerprint density at radius 2 is 2.05 bits per heavy atom. The summed E-state index contributed by atoms with van der Waals surface area (Å²) in [5.41, 5.74) is 1.21. The van der Waals surface area contributed by atoms with Gasteiger partial charge in [-0.05, 0) is 40.5 Å². The molecule has 0 radical (unpaired) electrons. The molecule has 20 heavy (non-hydrogen) atoms. The average Bonchev–Trinajstić information content (AvgIpc) is 3.01. The topological polar surface area (TPSA) is 34.1 Å². The van der Waals surface area contributed by atoms with E-state index in [9.17, 15) is 0 Å². The lowest BCUT2D eigenvalue weighted by Crippen LogP contribution is -2.21. The predicted molar refractivity (Wildman–Crippen MR) is 82.7 cm³/mol. The Labute approximate surface area is 127 Å². The summed E-state index contributed by atoms with van der Waals surface area (Å²) in [6, 6.07) is 14.3. The van der Waals surface area contributed by atoms with E-state index in [2.05, 4.69) is 50.5 Å². The Morgan fingerprint density at radius 3 is 2.70 bits per heavy atom. The standard InChI is InChI=1S/C16H17BrN2O/c17-14-6-7-15(19-11-14)20-16(13-8-9-18-10-13)12-4-2-1-3-5-12/h1-7,11,13,16,18H,8-10H2/t13-,16-/m1/s1. The lowest BCUT2D eigenvalue weighted by Gasteiger charge is -2.24. The van der Waals surface area contributed by atoms with E-state index < -0.39 is 0 Å². The first kappa shape index (κ1) is 13.6. The molecule has 4 heteroatoms. The van der Waals surface area contributed by atoms with Crippen LogP contribution in [0.1, 0.15) is 18.1 Å². The zero-order chi connectivity index (χ0) is 13.8. The summed E-state index contributed by atoms with van der Waals surface area (Å²) in [6.45, 7) is 2.06. The molecule has 0 amide bonds. The summed E-state index contributed by atoms with van der Waals surface area (Å²) >= 11 is 3.39. The van der Waals surface area contributed by atoms with Crippen molar-refractivity contribution >= 4 is 15.9 Å². The second-order valence-corrected chi connectivity index (χ2v) is 5.93. The predicted octanol–water partition coefficient (Wildman–Crippen LogP) is 3.57. The molecule has 1 fully saturated rings. The highest BCUT2D eigenvalue weighted by molar-refractivity contribution is 9.10. The fraction of sp³-hybridized carbons (Fsp3) is 0.312. The van der Waals surface area contributed by atoms with E-state index in [0.717, 1.165) is 24.0 Å². The molecule has 1 N–H and O–H groups in total. The Morgan fingerprint density at radius 1 is 1.20 bits per heavy atom. The van der Waals surface area contributed by atoms with E-state index >= 15 is 0 Å². The summed E-state index contributed by atoms with van der Waals surface area (Å²) < 4.78 is 7.13. The van der Waals surface area contributed by atoms with Crippen LogP contribution in [-0.2, 0) is 0 Å². The Kier molecular flexibility index (Phi) is 4.33. The van der Waals surface area contributed by atoms with Crippen molar-refractivity contribution in [2.75, 3.05) is 13.1 Å². The van der Waals surface area contributed by atoms with E-state index in [-0.39, 0.29) is 6.10 Å². The van der Waals surface area contributed by atoms with E-state index in [4.69, 9.17) is 4.74 Å². The highest BCUT2D eigenvalue weighted by atomic mass is 79.9. The number of nitrogens with one attached hydrogen (secondary N) is 1. The van der Waals surface area contributed by atoms with E-state index in [1.54, 1.807) is 6.20 Å². The number of ether oxygens (including phenoxy) is 1. The lowest BCUT2D eigenvalue weighted by atomic mass is 9.95. The minimum Gasteiger partial charge on any atom is -0.469 e. The Bertz CT molecular complexity index is 538. The van der Waals surface area contributed by atoms with Gasteiger partial charge >= 0.3 is 0 Å². The van der Waals surface area contributed by atoms with Gasteiger partial charge in [-0.2, -0.15) is 0 Å². The Hall–Kier alpha value is -1.39. The summed E-state index contributed by atoms with van der Waals surface area (Å²) in [6.07, 6.45) is 2.96. The first-order chi connectivity index (χ1) is 9.83. The second-order valence-electron chi connectivity index (χ2n) is 5.02. The molecular formula is C16H17BrN2O. The van der Waals surface area contributed by atoms with Crippen LogP contribution in [0, 0.1) is 5.92 Å². The number of rotatable bonds is 4. The van der Waals surface area contributed by atoms with Gasteiger partial charge in [0.2, 0.25) is 5.88 Å². The second kappa shape index (κ2) is 6.37. The summed E-state index contributed by atoms with van der Waals surface area (Å²) in [5, 5.41) is 3.41. The maximum absolute atomic E-state index is 6.17. The maximum Gasteiger partial charge on any atom is 0.213 e. The van der Waals surface area contributed by atoms with Crippen LogP contribution < -0.4 is 10.1 Å². The molecule has 1 aliphatic heterocycles. The van der Waals surface area contributed by atoms with E-state index in [0.29, 0.717) is 11.8 Å². The van der Waals surface area contributed by atoms with Crippen molar-refractivity contribution < 1.29 is 4.74 Å². The summed E-state index contributed by atoms with van der Waals surface area (Å²) in [4.78, 5) is 4.33. The molecule has 3 nitrogen and oxygen atoms in total. The number of nitrogens with zero attached hydrogens (tertiary/aromatic N) is 1. The molecule has 0 aliphatic carbocycles. The van der Waals surface area contributed by atoms with Crippen molar-refractivity contribution in [3.8, 4) is 5.88 Å². The first-order valence-corrected chi connectivity index (χ1v) is 7.66. The fourth-order valence-electron chi connectivity index (χ4n) is 2.58. The monoisotopic (exact) mass is 332 g/mol. The van der Waals surface area contributed by atoms with Crippen molar-refractivity contribution in [1.29, 1.82) is 0 Å². The van der Waals surface area contributed by atoms with Crippen molar-refractivity contribution in [3.05, 3.63) is 58.7 Å². The van der Waals surface area contributed by atoms with E-state index in [1.807, 2.05) is 18.2 Å². The third kappa shape index (κ3) is 3.19. The maximum atomic E-state index is 6.17. The summed E-state index contributed by atoms with van der Waals surface area (Å²) in [5.74, 6) is 1.16. The molecular weight excluding hydrogens is 316 g/mol. The molecule has 2 aromatic rings. The number of halogens is 1. The smallest absolute Gasteiger partial charge is 0.213 e. The molecule has 104 valence electrons. The van der Waals surface area contributed by atoms with Gasteiger partial charge in [-0.1, -0.05) is 30.3 Å². The molecule has 0 unspecified atom stereocenters. The van der Waals surface area contributed by atoms with Crippen molar-refractivity contribution in [1.82, 2.24) is 10.3 Å². The molecule has 2 atom stereocenters. The van der Waals surface area contributed by atoms with Gasteiger partial charge in [0.05, 0.1) is 0 Å². The lowest BCUT2D eigenvalue weighted by molar-refractivity contribution is 0.138. The number of pyridine rings is 1. The van der Waals surface area contributed by atoms with Crippen LogP contribution in [0.3, 0.4) is 0 Å². The molecule has 1 aliphatic rings. The van der Waals surface area contributed by atoms with Crippen LogP contribution in [0.15, 0.2) is 53.1 Å². The fourth-order valence-corrected chi connectivity index (χ4v) is 2.81. The van der Waals surface area contributed by atoms with Crippen LogP contribution in [0.25, 0.3) is 0 Å². The third-order valence-corrected chi connectivity index (χ3v) is 4.07. The molecule has 1 aromatic carbocycles. The molecule has 0 saturated carbocycles. The van der Waals surface area contributed by atoms with Crippen LogP contribution in [-0.4, -0.2) is 18.1 Å². The minimum absolute atomic E-state index is 0.0554. The normalized spacial score (nSPS) is 19.8. The van der Waals surface area contributed by atoms with Gasteiger partial charge in [0, 0.05) is 29.2 Å². The van der Waals surface area contributed by atoms with Crippen LogP contribution in [0.2, 0.25) is 0 Å². The van der Waals surface area contributed by atoms with Gasteiger partial charge in [0.25, 0.3) is 0 Å². The quantitative estimate of drug-likeness (QED) is 0.929.